The normalized spacial score (nSPS) is 19.9. The van der Waals surface area contributed by atoms with Gasteiger partial charge in [-0.05, 0) is 49.9 Å². The van der Waals surface area contributed by atoms with Crippen LogP contribution in [-0.4, -0.2) is 19.2 Å². The Kier molecular flexibility index (Phi) is 4.23. The lowest BCUT2D eigenvalue weighted by atomic mass is 10.1. The van der Waals surface area contributed by atoms with Crippen molar-refractivity contribution >= 4 is 0 Å². The molecule has 0 aliphatic carbocycles. The van der Waals surface area contributed by atoms with Crippen LogP contribution in [0.1, 0.15) is 31.7 Å². The van der Waals surface area contributed by atoms with Gasteiger partial charge in [-0.15, -0.1) is 0 Å². The van der Waals surface area contributed by atoms with Crippen LogP contribution in [0.4, 0.5) is 0 Å². The van der Waals surface area contributed by atoms with Crippen LogP contribution in [0.25, 0.3) is 0 Å². The molecule has 1 atom stereocenters. The topological polar surface area (TPSA) is 21.3 Å². The summed E-state index contributed by atoms with van der Waals surface area (Å²) in [5, 5.41) is 3.48. The van der Waals surface area contributed by atoms with Crippen molar-refractivity contribution in [1.29, 1.82) is 0 Å². The van der Waals surface area contributed by atoms with Crippen molar-refractivity contribution in [3.63, 3.8) is 0 Å². The molecule has 1 aliphatic rings. The van der Waals surface area contributed by atoms with Crippen molar-refractivity contribution in [2.75, 3.05) is 13.2 Å². The van der Waals surface area contributed by atoms with Gasteiger partial charge in [-0.2, -0.15) is 0 Å². The summed E-state index contributed by atoms with van der Waals surface area (Å²) in [4.78, 5) is 0. The zero-order valence-corrected chi connectivity index (χ0v) is 10.0. The van der Waals surface area contributed by atoms with Gasteiger partial charge in [-0.3, -0.25) is 0 Å². The molecule has 1 N–H and O–H groups in total. The molecule has 1 aromatic carbocycles. The van der Waals surface area contributed by atoms with Crippen molar-refractivity contribution in [1.82, 2.24) is 5.32 Å². The molecule has 2 heteroatoms. The van der Waals surface area contributed by atoms with E-state index in [0.717, 1.165) is 25.2 Å². The smallest absolute Gasteiger partial charge is 0.119 e. The molecule has 1 unspecified atom stereocenters. The number of ether oxygens (including phenoxy) is 1. The summed E-state index contributed by atoms with van der Waals surface area (Å²) < 4.78 is 5.73. The molecule has 2 rings (SSSR count). The van der Waals surface area contributed by atoms with Crippen molar-refractivity contribution in [3.8, 4) is 5.75 Å². The molecule has 1 heterocycles. The van der Waals surface area contributed by atoms with E-state index in [1.54, 1.807) is 0 Å². The average Bonchev–Trinajstić information content (AvgIpc) is 2.83. The summed E-state index contributed by atoms with van der Waals surface area (Å²) in [6.07, 6.45) is 4.83. The summed E-state index contributed by atoms with van der Waals surface area (Å²) in [6, 6.07) is 9.10. The van der Waals surface area contributed by atoms with E-state index in [-0.39, 0.29) is 0 Å². The standard InChI is InChI=1S/C14H21NO/c1-2-12-5-7-14(8-6-12)16-11-9-13-4-3-10-15-13/h5-8,13,15H,2-4,9-11H2,1H3. The molecular weight excluding hydrogens is 198 g/mol. The Hall–Kier alpha value is -1.02. The van der Waals surface area contributed by atoms with E-state index in [4.69, 9.17) is 4.74 Å². The lowest BCUT2D eigenvalue weighted by molar-refractivity contribution is 0.292. The Morgan fingerprint density at radius 2 is 2.12 bits per heavy atom. The third kappa shape index (κ3) is 3.24. The molecule has 0 amide bonds. The minimum Gasteiger partial charge on any atom is -0.494 e. The monoisotopic (exact) mass is 219 g/mol. The van der Waals surface area contributed by atoms with Crippen LogP contribution in [0.15, 0.2) is 24.3 Å². The first-order valence-corrected chi connectivity index (χ1v) is 6.33. The molecule has 0 aromatic heterocycles. The largest absolute Gasteiger partial charge is 0.494 e. The minimum absolute atomic E-state index is 0.676. The summed E-state index contributed by atoms with van der Waals surface area (Å²) in [5.74, 6) is 0.996. The van der Waals surface area contributed by atoms with Crippen LogP contribution in [0.5, 0.6) is 5.75 Å². The van der Waals surface area contributed by atoms with Crippen LogP contribution in [0.2, 0.25) is 0 Å². The predicted octanol–water partition coefficient (Wildman–Crippen LogP) is 2.77. The maximum atomic E-state index is 5.73. The second-order valence-corrected chi connectivity index (χ2v) is 4.43. The van der Waals surface area contributed by atoms with Crippen LogP contribution in [0, 0.1) is 0 Å². The molecule has 1 saturated heterocycles. The van der Waals surface area contributed by atoms with Gasteiger partial charge in [0.15, 0.2) is 0 Å². The Bertz CT molecular complexity index is 301. The molecule has 0 radical (unpaired) electrons. The molecular formula is C14H21NO. The summed E-state index contributed by atoms with van der Waals surface area (Å²) in [7, 11) is 0. The van der Waals surface area contributed by atoms with E-state index in [1.165, 1.54) is 24.9 Å². The highest BCUT2D eigenvalue weighted by Crippen LogP contribution is 2.14. The molecule has 1 aromatic rings. The van der Waals surface area contributed by atoms with E-state index in [1.807, 2.05) is 0 Å². The Morgan fingerprint density at radius 3 is 2.75 bits per heavy atom. The van der Waals surface area contributed by atoms with Gasteiger partial charge < -0.3 is 10.1 Å². The molecule has 88 valence electrons. The van der Waals surface area contributed by atoms with Gasteiger partial charge in [0, 0.05) is 6.04 Å². The second-order valence-electron chi connectivity index (χ2n) is 4.43. The maximum Gasteiger partial charge on any atom is 0.119 e. The van der Waals surface area contributed by atoms with Gasteiger partial charge in [0.1, 0.15) is 5.75 Å². The number of rotatable bonds is 5. The maximum absolute atomic E-state index is 5.73. The molecule has 1 aliphatic heterocycles. The fourth-order valence-corrected chi connectivity index (χ4v) is 2.14. The van der Waals surface area contributed by atoms with E-state index in [2.05, 4.69) is 36.5 Å². The molecule has 1 fully saturated rings. The fourth-order valence-electron chi connectivity index (χ4n) is 2.14. The van der Waals surface area contributed by atoms with Crippen molar-refractivity contribution in [3.05, 3.63) is 29.8 Å². The fraction of sp³-hybridized carbons (Fsp3) is 0.571. The predicted molar refractivity (Wildman–Crippen MR) is 67.0 cm³/mol. The highest BCUT2D eigenvalue weighted by Gasteiger charge is 2.13. The van der Waals surface area contributed by atoms with Gasteiger partial charge in [0.25, 0.3) is 0 Å². The highest BCUT2D eigenvalue weighted by molar-refractivity contribution is 5.27. The van der Waals surface area contributed by atoms with Gasteiger partial charge in [-0.1, -0.05) is 19.1 Å². The Balaban J connectivity index is 1.71. The van der Waals surface area contributed by atoms with Crippen LogP contribution in [0.3, 0.4) is 0 Å². The number of hydrogen-bond donors (Lipinski definition) is 1. The lowest BCUT2D eigenvalue weighted by Crippen LogP contribution is -2.23. The van der Waals surface area contributed by atoms with E-state index >= 15 is 0 Å². The van der Waals surface area contributed by atoms with Crippen LogP contribution < -0.4 is 10.1 Å². The zero-order valence-electron chi connectivity index (χ0n) is 10.0. The van der Waals surface area contributed by atoms with Gasteiger partial charge in [-0.25, -0.2) is 0 Å². The average molecular weight is 219 g/mol. The van der Waals surface area contributed by atoms with E-state index in [9.17, 15) is 0 Å². The number of hydrogen-bond acceptors (Lipinski definition) is 2. The lowest BCUT2D eigenvalue weighted by Gasteiger charge is -2.11. The van der Waals surface area contributed by atoms with Gasteiger partial charge in [0.05, 0.1) is 6.61 Å². The quantitative estimate of drug-likeness (QED) is 0.822. The van der Waals surface area contributed by atoms with Crippen LogP contribution >= 0.6 is 0 Å². The molecule has 2 nitrogen and oxygen atoms in total. The first kappa shape index (κ1) is 11.5. The van der Waals surface area contributed by atoms with Crippen molar-refractivity contribution in [2.24, 2.45) is 0 Å². The number of aryl methyl sites for hydroxylation is 1. The SMILES string of the molecule is CCc1ccc(OCCC2CCCN2)cc1. The number of benzene rings is 1. The van der Waals surface area contributed by atoms with Crippen molar-refractivity contribution in [2.45, 2.75) is 38.6 Å². The third-order valence-corrected chi connectivity index (χ3v) is 3.23. The second kappa shape index (κ2) is 5.90. The molecule has 16 heavy (non-hydrogen) atoms. The molecule has 0 saturated carbocycles. The van der Waals surface area contributed by atoms with Crippen molar-refractivity contribution < 1.29 is 4.74 Å². The van der Waals surface area contributed by atoms with Gasteiger partial charge in [0.2, 0.25) is 0 Å². The summed E-state index contributed by atoms with van der Waals surface area (Å²) in [5.41, 5.74) is 1.37. The van der Waals surface area contributed by atoms with E-state index in [0.29, 0.717) is 6.04 Å². The summed E-state index contributed by atoms with van der Waals surface area (Å²) >= 11 is 0. The molecule has 0 spiro atoms. The first-order valence-electron chi connectivity index (χ1n) is 6.33. The third-order valence-electron chi connectivity index (χ3n) is 3.23. The summed E-state index contributed by atoms with van der Waals surface area (Å²) in [6.45, 7) is 4.17. The van der Waals surface area contributed by atoms with E-state index < -0.39 is 0 Å². The van der Waals surface area contributed by atoms with Gasteiger partial charge >= 0.3 is 0 Å². The Morgan fingerprint density at radius 1 is 1.31 bits per heavy atom. The zero-order chi connectivity index (χ0) is 11.2. The molecule has 0 bridgehead atoms. The number of nitrogens with one attached hydrogen (secondary N) is 1. The first-order chi connectivity index (χ1) is 7.88. The highest BCUT2D eigenvalue weighted by atomic mass is 16.5. The Labute approximate surface area is 98.0 Å². The minimum atomic E-state index is 0.676. The van der Waals surface area contributed by atoms with Crippen LogP contribution in [-0.2, 0) is 6.42 Å².